The summed E-state index contributed by atoms with van der Waals surface area (Å²) >= 11 is 0. The summed E-state index contributed by atoms with van der Waals surface area (Å²) in [5.74, 6) is 1.13. The molecule has 0 spiro atoms. The van der Waals surface area contributed by atoms with Gasteiger partial charge in [0, 0.05) is 36.2 Å². The van der Waals surface area contributed by atoms with Gasteiger partial charge in [0.15, 0.2) is 0 Å². The highest BCUT2D eigenvalue weighted by atomic mass is 16.5. The van der Waals surface area contributed by atoms with Crippen LogP contribution in [0.3, 0.4) is 0 Å². The molecule has 3 aromatic heterocycles. The van der Waals surface area contributed by atoms with Crippen LogP contribution in [0.1, 0.15) is 42.5 Å². The van der Waals surface area contributed by atoms with Crippen molar-refractivity contribution in [1.29, 1.82) is 0 Å². The van der Waals surface area contributed by atoms with Gasteiger partial charge in [-0.1, -0.05) is 5.16 Å². The molecule has 170 valence electrons. The van der Waals surface area contributed by atoms with Crippen LogP contribution in [0.4, 0.5) is 0 Å². The van der Waals surface area contributed by atoms with Gasteiger partial charge in [-0.15, -0.1) is 10.2 Å². The summed E-state index contributed by atoms with van der Waals surface area (Å²) in [4.78, 5) is 4.33. The summed E-state index contributed by atoms with van der Waals surface area (Å²) in [5, 5.41) is 15.8. The number of pyridine rings is 1. The quantitative estimate of drug-likeness (QED) is 0.356. The van der Waals surface area contributed by atoms with Crippen molar-refractivity contribution in [3.8, 4) is 17.1 Å². The molecule has 1 saturated carbocycles. The molecular weight excluding hydrogens is 410 g/mol. The van der Waals surface area contributed by atoms with Gasteiger partial charge in [-0.2, -0.15) is 0 Å². The summed E-state index contributed by atoms with van der Waals surface area (Å²) < 4.78 is 22.4. The molecule has 0 saturated heterocycles. The van der Waals surface area contributed by atoms with Crippen LogP contribution in [0.25, 0.3) is 11.3 Å². The monoisotopic (exact) mass is 439 g/mol. The van der Waals surface area contributed by atoms with Gasteiger partial charge in [-0.3, -0.25) is 10.3 Å². The molecule has 1 N–H and O–H groups in total. The molecule has 9 heteroatoms. The zero-order valence-electron chi connectivity index (χ0n) is 18.7. The maximum absolute atomic E-state index is 5.82. The van der Waals surface area contributed by atoms with Crippen LogP contribution in [-0.4, -0.2) is 45.8 Å². The second kappa shape index (κ2) is 10.6. The van der Waals surface area contributed by atoms with E-state index in [0.29, 0.717) is 37.1 Å². The zero-order valence-corrected chi connectivity index (χ0v) is 18.7. The minimum absolute atomic E-state index is 0.275. The third-order valence-electron chi connectivity index (χ3n) is 5.45. The van der Waals surface area contributed by atoms with E-state index in [0.717, 1.165) is 47.7 Å². The number of aromatic nitrogens is 4. The van der Waals surface area contributed by atoms with E-state index in [2.05, 4.69) is 25.7 Å². The van der Waals surface area contributed by atoms with Gasteiger partial charge < -0.3 is 18.7 Å². The molecule has 0 aromatic carbocycles. The fourth-order valence-electron chi connectivity index (χ4n) is 3.48. The predicted octanol–water partition coefficient (Wildman–Crippen LogP) is 3.35. The van der Waals surface area contributed by atoms with Crippen LogP contribution in [0.2, 0.25) is 0 Å². The average Bonchev–Trinajstić information content (AvgIpc) is 3.14. The molecule has 9 nitrogen and oxygen atoms in total. The largest absolute Gasteiger partial charge is 0.472 e. The highest BCUT2D eigenvalue weighted by molar-refractivity contribution is 5.62. The van der Waals surface area contributed by atoms with E-state index >= 15 is 0 Å². The second-order valence-electron chi connectivity index (χ2n) is 7.85. The molecule has 4 rings (SSSR count). The van der Waals surface area contributed by atoms with Gasteiger partial charge in [0.05, 0.1) is 30.7 Å². The highest BCUT2D eigenvalue weighted by Crippen LogP contribution is 2.26. The molecule has 0 atom stereocenters. The van der Waals surface area contributed by atoms with Gasteiger partial charge >= 0.3 is 0 Å². The molecule has 1 aliphatic carbocycles. The second-order valence-corrected chi connectivity index (χ2v) is 7.85. The molecule has 0 amide bonds. The third kappa shape index (κ3) is 5.67. The van der Waals surface area contributed by atoms with Gasteiger partial charge in [0.2, 0.25) is 5.88 Å². The van der Waals surface area contributed by atoms with Crippen molar-refractivity contribution < 1.29 is 18.7 Å². The van der Waals surface area contributed by atoms with Gasteiger partial charge in [0.1, 0.15) is 18.1 Å². The van der Waals surface area contributed by atoms with E-state index in [-0.39, 0.29) is 6.61 Å². The minimum Gasteiger partial charge on any atom is -0.472 e. The Labute approximate surface area is 187 Å². The Morgan fingerprint density at radius 1 is 1.09 bits per heavy atom. The number of nitrogens with one attached hydrogen (secondary N) is 1. The number of nitrogens with zero attached hydrogens (tertiary/aromatic N) is 4. The van der Waals surface area contributed by atoms with E-state index in [4.69, 9.17) is 18.7 Å². The molecule has 0 bridgehead atoms. The zero-order chi connectivity index (χ0) is 22.3. The van der Waals surface area contributed by atoms with Crippen LogP contribution in [0.5, 0.6) is 5.88 Å². The third-order valence-corrected chi connectivity index (χ3v) is 5.45. The fraction of sp³-hybridized carbons (Fsp3) is 0.478. The van der Waals surface area contributed by atoms with Crippen molar-refractivity contribution in [2.75, 3.05) is 13.3 Å². The van der Waals surface area contributed by atoms with E-state index in [1.54, 1.807) is 12.3 Å². The lowest BCUT2D eigenvalue weighted by molar-refractivity contribution is -0.0213. The standard InChI is InChI=1S/C23H29N5O4/c1-4-30-20-9-19(10-20)25-14-29-12-18-7-8-22(27-26-18)31-13-21-16(3)32-28-23(21)17-6-5-15(2)24-11-17/h5-8,11,19-20,25H,4,9-10,12-14H2,1-3H3/t19-,20+. The van der Waals surface area contributed by atoms with Crippen LogP contribution in [-0.2, 0) is 22.7 Å². The number of hydrogen-bond donors (Lipinski definition) is 1. The van der Waals surface area contributed by atoms with Gasteiger partial charge in [0.25, 0.3) is 0 Å². The van der Waals surface area contributed by atoms with Crippen molar-refractivity contribution in [2.24, 2.45) is 0 Å². The summed E-state index contributed by atoms with van der Waals surface area (Å²) in [6.07, 6.45) is 4.25. The lowest BCUT2D eigenvalue weighted by Crippen LogP contribution is -2.46. The Kier molecular flexibility index (Phi) is 7.41. The average molecular weight is 440 g/mol. The molecule has 3 aromatic rings. The van der Waals surface area contributed by atoms with E-state index < -0.39 is 0 Å². The van der Waals surface area contributed by atoms with Crippen molar-refractivity contribution in [3.63, 3.8) is 0 Å². The molecule has 0 aliphatic heterocycles. The number of aryl methyl sites for hydroxylation is 2. The molecule has 32 heavy (non-hydrogen) atoms. The Balaban J connectivity index is 1.23. The van der Waals surface area contributed by atoms with Gasteiger partial charge in [-0.05, 0) is 51.8 Å². The minimum atomic E-state index is 0.275. The van der Waals surface area contributed by atoms with E-state index in [1.165, 1.54) is 0 Å². The number of hydrogen-bond acceptors (Lipinski definition) is 9. The molecule has 3 heterocycles. The normalized spacial score (nSPS) is 17.8. The SMILES string of the molecule is CCO[C@H]1C[C@@H](NCOCc2ccc(OCc3c(-c4ccc(C)nc4)noc3C)nn2)C1. The summed E-state index contributed by atoms with van der Waals surface area (Å²) in [5.41, 5.74) is 4.15. The Bertz CT molecular complexity index is 985. The predicted molar refractivity (Wildman–Crippen MR) is 117 cm³/mol. The molecule has 1 aliphatic rings. The maximum atomic E-state index is 5.82. The van der Waals surface area contributed by atoms with E-state index in [9.17, 15) is 0 Å². The number of rotatable bonds is 11. The topological polar surface area (TPSA) is 104 Å². The van der Waals surface area contributed by atoms with Crippen LogP contribution >= 0.6 is 0 Å². The first-order valence-corrected chi connectivity index (χ1v) is 10.9. The Hall–Kier alpha value is -2.88. The summed E-state index contributed by atoms with van der Waals surface area (Å²) in [7, 11) is 0. The number of ether oxygens (including phenoxy) is 3. The first-order valence-electron chi connectivity index (χ1n) is 10.9. The Morgan fingerprint density at radius 3 is 2.69 bits per heavy atom. The summed E-state index contributed by atoms with van der Waals surface area (Å²) in [6, 6.07) is 8.01. The first kappa shape index (κ1) is 22.3. The fourth-order valence-corrected chi connectivity index (χ4v) is 3.48. The smallest absolute Gasteiger partial charge is 0.233 e. The van der Waals surface area contributed by atoms with Crippen LogP contribution in [0.15, 0.2) is 35.0 Å². The molecular formula is C23H29N5O4. The lowest BCUT2D eigenvalue weighted by atomic mass is 9.89. The lowest BCUT2D eigenvalue weighted by Gasteiger charge is -2.35. The van der Waals surface area contributed by atoms with Crippen molar-refractivity contribution in [3.05, 3.63) is 53.2 Å². The van der Waals surface area contributed by atoms with Crippen LogP contribution < -0.4 is 10.1 Å². The van der Waals surface area contributed by atoms with E-state index in [1.807, 2.05) is 39.0 Å². The van der Waals surface area contributed by atoms with Crippen molar-refractivity contribution >= 4 is 0 Å². The first-order chi connectivity index (χ1) is 15.6. The molecule has 0 unspecified atom stereocenters. The van der Waals surface area contributed by atoms with Crippen molar-refractivity contribution in [1.82, 2.24) is 25.7 Å². The van der Waals surface area contributed by atoms with Crippen LogP contribution in [0, 0.1) is 13.8 Å². The molecule has 0 radical (unpaired) electrons. The maximum Gasteiger partial charge on any atom is 0.233 e. The highest BCUT2D eigenvalue weighted by Gasteiger charge is 2.28. The molecule has 1 fully saturated rings. The summed E-state index contributed by atoms with van der Waals surface area (Å²) in [6.45, 7) is 7.74. The van der Waals surface area contributed by atoms with Gasteiger partial charge in [-0.25, -0.2) is 0 Å². The van der Waals surface area contributed by atoms with Crippen molar-refractivity contribution in [2.45, 2.75) is 59.0 Å². The Morgan fingerprint density at radius 2 is 1.97 bits per heavy atom.